The molecule has 0 bridgehead atoms. The Labute approximate surface area is 130 Å². The summed E-state index contributed by atoms with van der Waals surface area (Å²) < 4.78 is 5.03. The Morgan fingerprint density at radius 1 is 1.41 bits per heavy atom. The number of ether oxygens (including phenoxy) is 1. The van der Waals surface area contributed by atoms with Crippen LogP contribution in [0.3, 0.4) is 0 Å². The maximum atomic E-state index is 12.3. The number of likely N-dealkylation sites (N-methyl/N-ethyl adjacent to an activating group) is 1. The molecule has 22 heavy (non-hydrogen) atoms. The van der Waals surface area contributed by atoms with Gasteiger partial charge in [0.05, 0.1) is 13.2 Å². The fourth-order valence-corrected chi connectivity index (χ4v) is 2.36. The molecule has 1 fully saturated rings. The first-order valence-corrected chi connectivity index (χ1v) is 7.45. The van der Waals surface area contributed by atoms with E-state index in [1.54, 1.807) is 37.2 Å². The van der Waals surface area contributed by atoms with Gasteiger partial charge < -0.3 is 19.9 Å². The van der Waals surface area contributed by atoms with Gasteiger partial charge in [-0.2, -0.15) is 0 Å². The van der Waals surface area contributed by atoms with Crippen molar-refractivity contribution in [2.45, 2.75) is 6.92 Å². The molecule has 0 unspecified atom stereocenters. The van der Waals surface area contributed by atoms with Crippen LogP contribution in [0.2, 0.25) is 0 Å². The Morgan fingerprint density at radius 2 is 2.14 bits per heavy atom. The van der Waals surface area contributed by atoms with Crippen LogP contribution in [0.25, 0.3) is 0 Å². The van der Waals surface area contributed by atoms with E-state index in [2.05, 4.69) is 10.3 Å². The first-order valence-electron chi connectivity index (χ1n) is 7.45. The summed E-state index contributed by atoms with van der Waals surface area (Å²) in [4.78, 5) is 32.0. The first-order chi connectivity index (χ1) is 10.6. The van der Waals surface area contributed by atoms with E-state index in [1.165, 1.54) is 0 Å². The summed E-state index contributed by atoms with van der Waals surface area (Å²) in [6.45, 7) is 5.28. The summed E-state index contributed by atoms with van der Waals surface area (Å²) in [6, 6.07) is 3.34. The van der Waals surface area contributed by atoms with E-state index in [0.29, 0.717) is 31.1 Å². The number of anilines is 1. The van der Waals surface area contributed by atoms with Crippen molar-refractivity contribution in [3.05, 3.63) is 23.9 Å². The highest BCUT2D eigenvalue weighted by Crippen LogP contribution is 2.17. The van der Waals surface area contributed by atoms with Crippen LogP contribution in [0.4, 0.5) is 5.82 Å². The Morgan fingerprint density at radius 3 is 2.82 bits per heavy atom. The minimum absolute atomic E-state index is 0.0319. The lowest BCUT2D eigenvalue weighted by Crippen LogP contribution is -2.49. The van der Waals surface area contributed by atoms with Crippen LogP contribution in [0.15, 0.2) is 18.3 Å². The molecule has 7 nitrogen and oxygen atoms in total. The lowest BCUT2D eigenvalue weighted by atomic mass is 10.2. The van der Waals surface area contributed by atoms with Gasteiger partial charge in [0.15, 0.2) is 0 Å². The van der Waals surface area contributed by atoms with Crippen LogP contribution < -0.4 is 10.2 Å². The second kappa shape index (κ2) is 7.74. The molecule has 7 heteroatoms. The molecule has 1 saturated heterocycles. The van der Waals surface area contributed by atoms with Crippen molar-refractivity contribution < 1.29 is 14.3 Å². The summed E-state index contributed by atoms with van der Waals surface area (Å²) in [6.07, 6.45) is 1.60. The Hall–Kier alpha value is -2.15. The van der Waals surface area contributed by atoms with E-state index in [0.717, 1.165) is 13.1 Å². The van der Waals surface area contributed by atoms with Gasteiger partial charge in [0.25, 0.3) is 0 Å². The van der Waals surface area contributed by atoms with Crippen molar-refractivity contribution >= 4 is 17.7 Å². The maximum absolute atomic E-state index is 12.3. The predicted molar refractivity (Wildman–Crippen MR) is 82.9 cm³/mol. The third kappa shape index (κ3) is 3.94. The van der Waals surface area contributed by atoms with Crippen molar-refractivity contribution in [1.29, 1.82) is 0 Å². The Kier molecular flexibility index (Phi) is 5.71. The van der Waals surface area contributed by atoms with Gasteiger partial charge in [0.1, 0.15) is 11.4 Å². The number of nitrogens with one attached hydrogen (secondary N) is 1. The quantitative estimate of drug-likeness (QED) is 0.779. The third-order valence-electron chi connectivity index (χ3n) is 3.49. The largest absolute Gasteiger partial charge is 0.462 e. The van der Waals surface area contributed by atoms with Crippen LogP contribution in [-0.4, -0.2) is 68.1 Å². The van der Waals surface area contributed by atoms with Crippen molar-refractivity contribution in [2.24, 2.45) is 0 Å². The fraction of sp³-hybridized carbons (Fsp3) is 0.533. The average molecular weight is 306 g/mol. The molecule has 120 valence electrons. The first kappa shape index (κ1) is 16.2. The van der Waals surface area contributed by atoms with E-state index in [9.17, 15) is 9.59 Å². The molecule has 0 spiro atoms. The molecular formula is C15H22N4O3. The van der Waals surface area contributed by atoms with E-state index in [-0.39, 0.29) is 12.5 Å². The fourth-order valence-electron chi connectivity index (χ4n) is 2.36. The molecule has 0 saturated carbocycles. The van der Waals surface area contributed by atoms with Crippen molar-refractivity contribution in [3.63, 3.8) is 0 Å². The van der Waals surface area contributed by atoms with Gasteiger partial charge >= 0.3 is 5.97 Å². The van der Waals surface area contributed by atoms with E-state index in [4.69, 9.17) is 4.74 Å². The summed E-state index contributed by atoms with van der Waals surface area (Å²) in [5.74, 6) is 0.0703. The highest BCUT2D eigenvalue weighted by Gasteiger charge is 2.21. The van der Waals surface area contributed by atoms with Gasteiger partial charge in [0.2, 0.25) is 5.91 Å². The summed E-state index contributed by atoms with van der Waals surface area (Å²) in [5.41, 5.74) is 0.375. The number of esters is 1. The van der Waals surface area contributed by atoms with Crippen LogP contribution in [0.1, 0.15) is 17.3 Å². The zero-order valence-corrected chi connectivity index (χ0v) is 13.0. The highest BCUT2D eigenvalue weighted by molar-refractivity contribution is 5.95. The third-order valence-corrected chi connectivity index (χ3v) is 3.49. The molecule has 0 aromatic carbocycles. The van der Waals surface area contributed by atoms with Gasteiger partial charge in [0, 0.05) is 39.4 Å². The molecule has 1 aromatic heterocycles. The number of carbonyl (C=O) groups excluding carboxylic acids is 2. The summed E-state index contributed by atoms with van der Waals surface area (Å²) >= 11 is 0. The topological polar surface area (TPSA) is 74.8 Å². The zero-order chi connectivity index (χ0) is 15.9. The average Bonchev–Trinajstić information content (AvgIpc) is 2.55. The second-order valence-corrected chi connectivity index (χ2v) is 5.08. The number of pyridine rings is 1. The predicted octanol–water partition coefficient (Wildman–Crippen LogP) is 0.126. The molecule has 0 atom stereocenters. The molecule has 1 aliphatic heterocycles. The van der Waals surface area contributed by atoms with E-state index >= 15 is 0 Å². The number of piperazine rings is 1. The minimum atomic E-state index is -0.424. The normalized spacial score (nSPS) is 14.5. The van der Waals surface area contributed by atoms with E-state index in [1.807, 2.05) is 4.90 Å². The molecule has 2 rings (SSSR count). The highest BCUT2D eigenvalue weighted by atomic mass is 16.5. The van der Waals surface area contributed by atoms with Crippen LogP contribution in [0, 0.1) is 0 Å². The number of aromatic nitrogens is 1. The number of nitrogens with zero attached hydrogens (tertiary/aromatic N) is 3. The van der Waals surface area contributed by atoms with E-state index < -0.39 is 5.97 Å². The van der Waals surface area contributed by atoms with Crippen LogP contribution in [0.5, 0.6) is 0 Å². The van der Waals surface area contributed by atoms with Crippen LogP contribution in [-0.2, 0) is 9.53 Å². The molecule has 1 aromatic rings. The number of hydrogen-bond donors (Lipinski definition) is 1. The van der Waals surface area contributed by atoms with Gasteiger partial charge in [-0.25, -0.2) is 9.78 Å². The van der Waals surface area contributed by atoms with Gasteiger partial charge in [-0.3, -0.25) is 4.79 Å². The number of carbonyl (C=O) groups is 2. The lowest BCUT2D eigenvalue weighted by Gasteiger charge is -2.29. The molecule has 0 radical (unpaired) electrons. The SMILES string of the molecule is CCOC(=O)c1cccnc1N(C)CC(=O)N1CCNCC1. The van der Waals surface area contributed by atoms with Gasteiger partial charge in [-0.15, -0.1) is 0 Å². The van der Waals surface area contributed by atoms with Crippen molar-refractivity contribution in [1.82, 2.24) is 15.2 Å². The molecular weight excluding hydrogens is 284 g/mol. The molecule has 1 amide bonds. The van der Waals surface area contributed by atoms with Crippen molar-refractivity contribution in [3.8, 4) is 0 Å². The smallest absolute Gasteiger partial charge is 0.341 e. The molecule has 0 aliphatic carbocycles. The number of hydrogen-bond acceptors (Lipinski definition) is 6. The van der Waals surface area contributed by atoms with Crippen molar-refractivity contribution in [2.75, 3.05) is 51.3 Å². The minimum Gasteiger partial charge on any atom is -0.462 e. The second-order valence-electron chi connectivity index (χ2n) is 5.08. The molecule has 1 aliphatic rings. The zero-order valence-electron chi connectivity index (χ0n) is 13.0. The lowest BCUT2D eigenvalue weighted by molar-refractivity contribution is -0.130. The Balaban J connectivity index is 2.07. The number of rotatable bonds is 5. The van der Waals surface area contributed by atoms with Gasteiger partial charge in [-0.1, -0.05) is 0 Å². The summed E-state index contributed by atoms with van der Waals surface area (Å²) in [7, 11) is 1.76. The standard InChI is InChI=1S/C15H22N4O3/c1-3-22-15(21)12-5-4-6-17-14(12)18(2)11-13(20)19-9-7-16-8-10-19/h4-6,16H,3,7-11H2,1-2H3. The maximum Gasteiger partial charge on any atom is 0.341 e. The monoisotopic (exact) mass is 306 g/mol. The van der Waals surface area contributed by atoms with Crippen LogP contribution >= 0.6 is 0 Å². The summed E-state index contributed by atoms with van der Waals surface area (Å²) in [5, 5.41) is 3.21. The Bertz CT molecular complexity index is 529. The molecule has 1 N–H and O–H groups in total. The van der Waals surface area contributed by atoms with Gasteiger partial charge in [-0.05, 0) is 19.1 Å². The molecule has 2 heterocycles. The number of amides is 1.